The van der Waals surface area contributed by atoms with Crippen LogP contribution in [0, 0.1) is 46.3 Å². The molecule has 0 bridgehead atoms. The van der Waals surface area contributed by atoms with Gasteiger partial charge in [-0.05, 0) is 106 Å². The van der Waals surface area contributed by atoms with Crippen molar-refractivity contribution in [2.24, 2.45) is 46.3 Å². The van der Waals surface area contributed by atoms with Gasteiger partial charge in [-0.1, -0.05) is 39.3 Å². The van der Waals surface area contributed by atoms with Crippen molar-refractivity contribution >= 4 is 0 Å². The molecule has 400 valence electrons. The molecular weight excluding hydrogens is 921 g/mol. The van der Waals surface area contributed by atoms with Gasteiger partial charge in [-0.25, -0.2) is 0 Å². The number of aliphatic hydroxyl groups is 10. The second-order valence-corrected chi connectivity index (χ2v) is 23.4. The summed E-state index contributed by atoms with van der Waals surface area (Å²) in [5.41, 5.74) is 1.44. The second kappa shape index (κ2) is 19.8. The van der Waals surface area contributed by atoms with Crippen LogP contribution in [-0.4, -0.2) is 206 Å². The van der Waals surface area contributed by atoms with Crippen LogP contribution in [0.3, 0.4) is 0 Å². The van der Waals surface area contributed by atoms with E-state index in [0.29, 0.717) is 48.3 Å². The molecule has 6 aliphatic heterocycles. The molecule has 0 radical (unpaired) electrons. The third kappa shape index (κ3) is 8.79. The summed E-state index contributed by atoms with van der Waals surface area (Å²) in [4.78, 5) is 0. The summed E-state index contributed by atoms with van der Waals surface area (Å²) < 4.78 is 61.7. The summed E-state index contributed by atoms with van der Waals surface area (Å²) >= 11 is 0. The molecule has 30 atom stereocenters. The molecule has 20 heteroatoms. The summed E-state index contributed by atoms with van der Waals surface area (Å²) in [7, 11) is 0. The van der Waals surface area contributed by atoms with Crippen LogP contribution in [0.5, 0.6) is 0 Å². The van der Waals surface area contributed by atoms with Gasteiger partial charge < -0.3 is 98.4 Å². The maximum Gasteiger partial charge on any atom is 0.187 e. The lowest BCUT2D eigenvalue weighted by Crippen LogP contribution is -2.65. The molecule has 70 heavy (non-hydrogen) atoms. The fourth-order valence-corrected chi connectivity index (χ4v) is 15.2. The number of fused-ring (bicyclic) bond motifs is 7. The molecule has 0 aromatic carbocycles. The Bertz CT molecular complexity index is 1850. The van der Waals surface area contributed by atoms with Crippen molar-refractivity contribution in [3.05, 3.63) is 11.6 Å². The van der Waals surface area contributed by atoms with E-state index in [1.807, 2.05) is 0 Å². The van der Waals surface area contributed by atoms with Crippen LogP contribution in [-0.2, 0) is 47.4 Å². The lowest BCUT2D eigenvalue weighted by molar-refractivity contribution is -0.380. The van der Waals surface area contributed by atoms with Gasteiger partial charge in [0.05, 0.1) is 44.2 Å². The molecule has 0 aromatic heterocycles. The van der Waals surface area contributed by atoms with E-state index >= 15 is 0 Å². The first kappa shape index (κ1) is 52.4. The Morgan fingerprint density at radius 3 is 1.96 bits per heavy atom. The van der Waals surface area contributed by atoms with Crippen LogP contribution < -0.4 is 0 Å². The monoisotopic (exact) mass is 1000 g/mol. The normalized spacial score (nSPS) is 57.8. The van der Waals surface area contributed by atoms with Gasteiger partial charge >= 0.3 is 0 Å². The average molecular weight is 1000 g/mol. The average Bonchev–Trinajstić information content (AvgIpc) is 3.90. The quantitative estimate of drug-likeness (QED) is 0.126. The Labute approximate surface area is 409 Å². The largest absolute Gasteiger partial charge is 0.394 e. The first-order chi connectivity index (χ1) is 33.2. The van der Waals surface area contributed by atoms with E-state index in [9.17, 15) is 51.1 Å². The minimum atomic E-state index is -1.75. The first-order valence-corrected chi connectivity index (χ1v) is 26.1. The smallest absolute Gasteiger partial charge is 0.187 e. The van der Waals surface area contributed by atoms with Crippen molar-refractivity contribution in [3.63, 3.8) is 0 Å². The predicted molar refractivity (Wildman–Crippen MR) is 239 cm³/mol. The van der Waals surface area contributed by atoms with Crippen molar-refractivity contribution in [2.75, 3.05) is 19.8 Å². The molecule has 30 unspecified atom stereocenters. The Kier molecular flexibility index (Phi) is 14.8. The van der Waals surface area contributed by atoms with E-state index in [-0.39, 0.29) is 16.9 Å². The van der Waals surface area contributed by atoms with Crippen molar-refractivity contribution < 1.29 is 98.4 Å². The minimum Gasteiger partial charge on any atom is -0.394 e. The van der Waals surface area contributed by atoms with Crippen LogP contribution in [0.25, 0.3) is 0 Å². The highest BCUT2D eigenvalue weighted by atomic mass is 16.8. The standard InChI is InChI=1S/C50H80O20/c1-20-9-14-50(62-18-20)21(2)32-29(70-50)16-28-26-8-7-24-15-25(10-12-48(24,5)27(26)11-13-49(28,32)6)65-47-43(69-45-40(59)37(56)34(53)23(4)64-45)41(60)42(30(17-51)66-47)68-46-38(57)35(54)31(67-46)19-61-44-39(58)36(55)33(52)22(3)63-44/h7,20-23,25-47,51-60H,8-19H2,1-6H3. The molecule has 20 nitrogen and oxygen atoms in total. The predicted octanol–water partition coefficient (Wildman–Crippen LogP) is -0.295. The van der Waals surface area contributed by atoms with Gasteiger partial charge in [0.15, 0.2) is 30.9 Å². The fourth-order valence-electron chi connectivity index (χ4n) is 15.2. The van der Waals surface area contributed by atoms with Gasteiger partial charge in [0, 0.05) is 12.3 Å². The number of rotatable bonds is 10. The van der Waals surface area contributed by atoms with E-state index in [2.05, 4.69) is 33.8 Å². The number of hydrogen-bond acceptors (Lipinski definition) is 20. The molecule has 10 N–H and O–H groups in total. The fraction of sp³-hybridized carbons (Fsp3) is 0.960. The van der Waals surface area contributed by atoms with E-state index in [0.717, 1.165) is 51.6 Å². The van der Waals surface area contributed by atoms with Crippen molar-refractivity contribution in [3.8, 4) is 0 Å². The highest BCUT2D eigenvalue weighted by Gasteiger charge is 2.69. The maximum absolute atomic E-state index is 12.2. The van der Waals surface area contributed by atoms with E-state index in [1.54, 1.807) is 0 Å². The van der Waals surface area contributed by atoms with Crippen molar-refractivity contribution in [1.82, 2.24) is 0 Å². The molecule has 10 rings (SSSR count). The summed E-state index contributed by atoms with van der Waals surface area (Å²) in [6, 6.07) is 0. The molecule has 4 aliphatic carbocycles. The van der Waals surface area contributed by atoms with Gasteiger partial charge in [-0.15, -0.1) is 0 Å². The van der Waals surface area contributed by atoms with Gasteiger partial charge in [-0.3, -0.25) is 0 Å². The summed E-state index contributed by atoms with van der Waals surface area (Å²) in [5.74, 6) is 2.48. The zero-order valence-corrected chi connectivity index (χ0v) is 41.2. The second-order valence-electron chi connectivity index (χ2n) is 23.4. The van der Waals surface area contributed by atoms with Gasteiger partial charge in [0.1, 0.15) is 79.4 Å². The Hall–Kier alpha value is -1.06. The summed E-state index contributed by atoms with van der Waals surface area (Å²) in [6.45, 7) is 12.1. The number of allylic oxidation sites excluding steroid dienone is 1. The molecular formula is C50H80O20. The third-order valence-electron chi connectivity index (χ3n) is 19.4. The van der Waals surface area contributed by atoms with Crippen molar-refractivity contribution in [1.29, 1.82) is 0 Å². The van der Waals surface area contributed by atoms with Crippen molar-refractivity contribution in [2.45, 2.75) is 234 Å². The molecule has 10 aliphatic rings. The van der Waals surface area contributed by atoms with Crippen LogP contribution in [0.4, 0.5) is 0 Å². The number of ether oxygens (including phenoxy) is 10. The SMILES string of the molecule is CC1CCC2(OC1)OC1CC3C4CC=C5CC(OC6OC(CO)C(OC7OC(COC8OC(C)C(O)C(O)C8O)C(O)C7O)C(O)C6OC6OC(C)C(O)C(O)C6O)CCC5(C)C4CCC3(C)C1C2C. The molecule has 9 fully saturated rings. The number of hydrogen-bond donors (Lipinski definition) is 10. The van der Waals surface area contributed by atoms with E-state index < -0.39 is 142 Å². The Morgan fingerprint density at radius 2 is 1.27 bits per heavy atom. The van der Waals surface area contributed by atoms with Gasteiger partial charge in [-0.2, -0.15) is 0 Å². The topological polar surface area (TPSA) is 295 Å². The zero-order valence-electron chi connectivity index (χ0n) is 41.2. The maximum atomic E-state index is 12.2. The molecule has 3 saturated carbocycles. The van der Waals surface area contributed by atoms with Gasteiger partial charge in [0.2, 0.25) is 0 Å². The minimum absolute atomic E-state index is 0.0539. The highest BCUT2D eigenvalue weighted by Crippen LogP contribution is 2.70. The van der Waals surface area contributed by atoms with E-state index in [4.69, 9.17) is 47.4 Å². The number of aliphatic hydroxyl groups excluding tert-OH is 10. The van der Waals surface area contributed by atoms with Gasteiger partial charge in [0.25, 0.3) is 0 Å². The lowest BCUT2D eigenvalue weighted by atomic mass is 9.47. The van der Waals surface area contributed by atoms with Crippen LogP contribution >= 0.6 is 0 Å². The summed E-state index contributed by atoms with van der Waals surface area (Å²) in [5, 5.41) is 108. The highest BCUT2D eigenvalue weighted by molar-refractivity contribution is 5.26. The zero-order chi connectivity index (χ0) is 49.9. The molecule has 0 aromatic rings. The molecule has 0 amide bonds. The third-order valence-corrected chi connectivity index (χ3v) is 19.4. The Balaban J connectivity index is 0.827. The Morgan fingerprint density at radius 1 is 0.629 bits per heavy atom. The summed E-state index contributed by atoms with van der Waals surface area (Å²) in [6.07, 6.45) is -17.2. The van der Waals surface area contributed by atoms with Crippen LogP contribution in [0.1, 0.15) is 99.3 Å². The molecule has 6 saturated heterocycles. The molecule has 1 spiro atoms. The lowest BCUT2D eigenvalue weighted by Gasteiger charge is -2.58. The molecule has 6 heterocycles. The van der Waals surface area contributed by atoms with Crippen LogP contribution in [0.2, 0.25) is 0 Å². The first-order valence-electron chi connectivity index (χ1n) is 26.1. The van der Waals surface area contributed by atoms with Crippen LogP contribution in [0.15, 0.2) is 11.6 Å². The van der Waals surface area contributed by atoms with E-state index in [1.165, 1.54) is 19.4 Å².